The van der Waals surface area contributed by atoms with Gasteiger partial charge in [0.25, 0.3) is 0 Å². The van der Waals surface area contributed by atoms with Crippen molar-refractivity contribution in [1.29, 1.82) is 0 Å². The number of benzene rings is 7. The van der Waals surface area contributed by atoms with E-state index < -0.39 is 0 Å². The molecule has 0 bridgehead atoms. The molecule has 4 heteroatoms. The Hall–Kier alpha value is -6.00. The van der Waals surface area contributed by atoms with Crippen LogP contribution in [-0.2, 0) is 0 Å². The van der Waals surface area contributed by atoms with Crippen LogP contribution in [0.25, 0.3) is 98.8 Å². The van der Waals surface area contributed by atoms with Crippen LogP contribution in [0, 0.1) is 6.92 Å². The third kappa shape index (κ3) is 3.48. The molecule has 0 N–H and O–H groups in total. The molecule has 4 nitrogen and oxygen atoms in total. The van der Waals surface area contributed by atoms with Gasteiger partial charge in [-0.2, -0.15) is 0 Å². The monoisotopic (exact) mass is 576 g/mol. The van der Waals surface area contributed by atoms with Crippen molar-refractivity contribution in [2.24, 2.45) is 0 Å². The average molecular weight is 577 g/mol. The van der Waals surface area contributed by atoms with Gasteiger partial charge < -0.3 is 8.83 Å². The fourth-order valence-corrected chi connectivity index (χ4v) is 7.10. The van der Waals surface area contributed by atoms with E-state index in [1.165, 1.54) is 16.3 Å². The van der Waals surface area contributed by atoms with Gasteiger partial charge in [-0.3, -0.25) is 4.98 Å². The van der Waals surface area contributed by atoms with Crippen LogP contribution in [0.2, 0.25) is 0 Å². The summed E-state index contributed by atoms with van der Waals surface area (Å²) in [4.78, 5) is 10.3. The van der Waals surface area contributed by atoms with E-state index in [-0.39, 0.29) is 0 Å². The van der Waals surface area contributed by atoms with Crippen LogP contribution >= 0.6 is 0 Å². The van der Waals surface area contributed by atoms with Crippen molar-refractivity contribution in [2.75, 3.05) is 0 Å². The first-order chi connectivity index (χ1) is 22.2. The van der Waals surface area contributed by atoms with Gasteiger partial charge in [-0.05, 0) is 53.6 Å². The van der Waals surface area contributed by atoms with Crippen molar-refractivity contribution in [3.05, 3.63) is 133 Å². The van der Waals surface area contributed by atoms with Gasteiger partial charge in [-0.15, -0.1) is 0 Å². The van der Waals surface area contributed by atoms with Gasteiger partial charge in [0.2, 0.25) is 0 Å². The Morgan fingerprint density at radius 1 is 0.489 bits per heavy atom. The van der Waals surface area contributed by atoms with Crippen molar-refractivity contribution < 1.29 is 8.83 Å². The first kappa shape index (κ1) is 24.4. The van der Waals surface area contributed by atoms with Crippen LogP contribution in [0.15, 0.2) is 136 Å². The van der Waals surface area contributed by atoms with E-state index >= 15 is 0 Å². The minimum absolute atomic E-state index is 0.825. The molecule has 0 fully saturated rings. The van der Waals surface area contributed by atoms with Crippen molar-refractivity contribution in [1.82, 2.24) is 9.97 Å². The highest BCUT2D eigenvalue weighted by molar-refractivity contribution is 6.24. The minimum Gasteiger partial charge on any atom is -0.456 e. The number of hydrogen-bond donors (Lipinski definition) is 0. The second-order valence-electron chi connectivity index (χ2n) is 11.8. The number of furan rings is 2. The molecule has 10 aromatic rings. The summed E-state index contributed by atoms with van der Waals surface area (Å²) >= 11 is 0. The van der Waals surface area contributed by atoms with Crippen LogP contribution in [0.4, 0.5) is 0 Å². The molecule has 0 spiro atoms. The van der Waals surface area contributed by atoms with E-state index in [0.717, 1.165) is 88.1 Å². The van der Waals surface area contributed by atoms with Gasteiger partial charge in [0.15, 0.2) is 0 Å². The molecule has 0 aliphatic rings. The molecule has 10 rings (SSSR count). The Labute approximate surface area is 257 Å². The summed E-state index contributed by atoms with van der Waals surface area (Å²) in [6.45, 7) is 2.11. The maximum atomic E-state index is 6.62. The Balaban J connectivity index is 1.26. The second-order valence-corrected chi connectivity index (χ2v) is 11.8. The summed E-state index contributed by atoms with van der Waals surface area (Å²) in [7, 11) is 0. The molecule has 45 heavy (non-hydrogen) atoms. The summed E-state index contributed by atoms with van der Waals surface area (Å²) in [6, 6.07) is 42.1. The fourth-order valence-electron chi connectivity index (χ4n) is 7.10. The number of fused-ring (bicyclic) bond motifs is 12. The summed E-state index contributed by atoms with van der Waals surface area (Å²) < 4.78 is 13.1. The number of hydrogen-bond acceptors (Lipinski definition) is 4. The van der Waals surface area contributed by atoms with E-state index in [1.807, 2.05) is 18.3 Å². The lowest BCUT2D eigenvalue weighted by Gasteiger charge is -2.11. The van der Waals surface area contributed by atoms with Gasteiger partial charge >= 0.3 is 0 Å². The van der Waals surface area contributed by atoms with Crippen LogP contribution < -0.4 is 0 Å². The summed E-state index contributed by atoms with van der Waals surface area (Å²) in [5, 5.41) is 8.83. The molecule has 3 heterocycles. The van der Waals surface area contributed by atoms with Gasteiger partial charge in [0.1, 0.15) is 22.3 Å². The van der Waals surface area contributed by atoms with Gasteiger partial charge in [-0.1, -0.05) is 96.6 Å². The Kier molecular flexibility index (Phi) is 4.89. The number of nitrogens with zero attached hydrogens (tertiary/aromatic N) is 2. The van der Waals surface area contributed by atoms with Crippen molar-refractivity contribution in [3.63, 3.8) is 0 Å². The highest BCUT2D eigenvalue weighted by Gasteiger charge is 2.22. The minimum atomic E-state index is 0.825. The highest BCUT2D eigenvalue weighted by atomic mass is 16.3. The number of aryl methyl sites for hydroxylation is 1. The standard InChI is InChI=1S/C41H24N2O2/c1-23-17-18-35-32(19-23)38-36(44-35)21-31-28-13-6-7-16-34(28)45-41(31)37(38)25-10-8-9-24(20-25)33-22-42-39-29-14-4-2-11-26(29)27-12-3-5-15-30(27)40(39)43-33/h2-22H,1H3. The van der Waals surface area contributed by atoms with Crippen molar-refractivity contribution >= 4 is 76.5 Å². The van der Waals surface area contributed by atoms with E-state index in [4.69, 9.17) is 18.8 Å². The number of para-hydroxylation sites is 1. The molecule has 0 saturated heterocycles. The van der Waals surface area contributed by atoms with Crippen molar-refractivity contribution in [3.8, 4) is 22.4 Å². The number of aromatic nitrogens is 2. The molecule has 0 amide bonds. The van der Waals surface area contributed by atoms with Crippen molar-refractivity contribution in [2.45, 2.75) is 6.92 Å². The SMILES string of the molecule is Cc1ccc2oc3cc4c(oc5ccccc54)c(-c4cccc(-c5cnc6c7ccccc7c7ccccc7c6n5)c4)c3c2c1. The lowest BCUT2D eigenvalue weighted by Crippen LogP contribution is -1.92. The largest absolute Gasteiger partial charge is 0.456 e. The summed E-state index contributed by atoms with van der Waals surface area (Å²) in [5.74, 6) is 0. The zero-order valence-corrected chi connectivity index (χ0v) is 24.3. The van der Waals surface area contributed by atoms with E-state index in [1.54, 1.807) is 0 Å². The normalized spacial score (nSPS) is 12.1. The number of rotatable bonds is 2. The zero-order valence-electron chi connectivity index (χ0n) is 24.3. The van der Waals surface area contributed by atoms with Crippen LogP contribution in [0.5, 0.6) is 0 Å². The quantitative estimate of drug-likeness (QED) is 0.192. The topological polar surface area (TPSA) is 52.1 Å². The second kappa shape index (κ2) is 9.01. The predicted octanol–water partition coefficient (Wildman–Crippen LogP) is 11.4. The molecular weight excluding hydrogens is 552 g/mol. The van der Waals surface area contributed by atoms with Crippen LogP contribution in [0.3, 0.4) is 0 Å². The Bertz CT molecular complexity index is 2800. The lowest BCUT2D eigenvalue weighted by molar-refractivity contribution is 0.664. The maximum absolute atomic E-state index is 6.62. The molecule has 0 radical (unpaired) electrons. The molecular formula is C41H24N2O2. The zero-order chi connectivity index (χ0) is 29.6. The van der Waals surface area contributed by atoms with E-state index in [9.17, 15) is 0 Å². The summed E-state index contributed by atoms with van der Waals surface area (Å²) in [5.41, 5.74) is 10.3. The van der Waals surface area contributed by atoms with Gasteiger partial charge in [0, 0.05) is 43.4 Å². The first-order valence-corrected chi connectivity index (χ1v) is 15.2. The molecule has 3 aromatic heterocycles. The van der Waals surface area contributed by atoms with Gasteiger partial charge in [-0.25, -0.2) is 4.98 Å². The Morgan fingerprint density at radius 3 is 2.00 bits per heavy atom. The fraction of sp³-hybridized carbons (Fsp3) is 0.0244. The predicted molar refractivity (Wildman–Crippen MR) is 185 cm³/mol. The highest BCUT2D eigenvalue weighted by Crippen LogP contribution is 2.45. The maximum Gasteiger partial charge on any atom is 0.144 e. The third-order valence-electron chi connectivity index (χ3n) is 9.13. The van der Waals surface area contributed by atoms with E-state index in [2.05, 4.69) is 116 Å². The molecule has 0 saturated carbocycles. The molecule has 0 unspecified atom stereocenters. The van der Waals surface area contributed by atoms with E-state index in [0.29, 0.717) is 0 Å². The lowest BCUT2D eigenvalue weighted by atomic mass is 9.94. The summed E-state index contributed by atoms with van der Waals surface area (Å²) in [6.07, 6.45) is 1.90. The third-order valence-corrected chi connectivity index (χ3v) is 9.13. The smallest absolute Gasteiger partial charge is 0.144 e. The average Bonchev–Trinajstić information content (AvgIpc) is 3.65. The molecule has 0 aliphatic heterocycles. The first-order valence-electron chi connectivity index (χ1n) is 15.2. The van der Waals surface area contributed by atoms with Gasteiger partial charge in [0.05, 0.1) is 22.9 Å². The molecule has 7 aromatic carbocycles. The molecule has 210 valence electrons. The molecule has 0 aliphatic carbocycles. The van der Waals surface area contributed by atoms with Crippen LogP contribution in [0.1, 0.15) is 5.56 Å². The van der Waals surface area contributed by atoms with Crippen LogP contribution in [-0.4, -0.2) is 9.97 Å². The Morgan fingerprint density at radius 2 is 1.18 bits per heavy atom. The molecule has 0 atom stereocenters.